The highest BCUT2D eigenvalue weighted by atomic mass is 16.5. The number of nitrogens with two attached hydrogens (primary N) is 1. The Morgan fingerprint density at radius 2 is 2.00 bits per heavy atom. The molecule has 4 heteroatoms. The number of aromatic nitrogens is 2. The average Bonchev–Trinajstić information content (AvgIpc) is 2.84. The summed E-state index contributed by atoms with van der Waals surface area (Å²) >= 11 is 0. The molecule has 19 heavy (non-hydrogen) atoms. The van der Waals surface area contributed by atoms with E-state index in [0.29, 0.717) is 19.0 Å². The topological polar surface area (TPSA) is 53.1 Å². The van der Waals surface area contributed by atoms with Crippen LogP contribution < -0.4 is 10.5 Å². The van der Waals surface area contributed by atoms with Crippen LogP contribution in [0.1, 0.15) is 24.0 Å². The maximum absolute atomic E-state index is 5.78. The van der Waals surface area contributed by atoms with Crippen molar-refractivity contribution in [1.29, 1.82) is 0 Å². The van der Waals surface area contributed by atoms with E-state index in [4.69, 9.17) is 10.5 Å². The molecule has 0 fully saturated rings. The van der Waals surface area contributed by atoms with E-state index < -0.39 is 0 Å². The van der Waals surface area contributed by atoms with E-state index in [1.165, 1.54) is 36.8 Å². The van der Waals surface area contributed by atoms with Crippen LogP contribution in [-0.4, -0.2) is 16.4 Å². The summed E-state index contributed by atoms with van der Waals surface area (Å²) in [7, 11) is 0. The van der Waals surface area contributed by atoms with Gasteiger partial charge < -0.3 is 10.5 Å². The number of benzene rings is 1. The lowest BCUT2D eigenvalue weighted by Crippen LogP contribution is -2.09. The monoisotopic (exact) mass is 257 g/mol. The number of hydrogen-bond donors (Lipinski definition) is 1. The van der Waals surface area contributed by atoms with Crippen LogP contribution in [0.3, 0.4) is 0 Å². The smallest absolute Gasteiger partial charge is 0.145 e. The van der Waals surface area contributed by atoms with Gasteiger partial charge in [0.25, 0.3) is 0 Å². The summed E-state index contributed by atoms with van der Waals surface area (Å²) in [5, 5.41) is 4.13. The van der Waals surface area contributed by atoms with E-state index >= 15 is 0 Å². The summed E-state index contributed by atoms with van der Waals surface area (Å²) in [4.78, 5) is 0. The summed E-state index contributed by atoms with van der Waals surface area (Å²) in [6.07, 6.45) is 6.87. The summed E-state index contributed by atoms with van der Waals surface area (Å²) in [5.74, 6) is 1.51. The van der Waals surface area contributed by atoms with E-state index in [1.807, 2.05) is 6.20 Å². The van der Waals surface area contributed by atoms with Crippen molar-refractivity contribution in [3.63, 3.8) is 0 Å². The molecule has 1 aromatic heterocycles. The first kappa shape index (κ1) is 12.1. The lowest BCUT2D eigenvalue weighted by atomic mass is 9.92. The number of rotatable bonds is 4. The van der Waals surface area contributed by atoms with Gasteiger partial charge in [-0.1, -0.05) is 6.07 Å². The number of hydrogen-bond acceptors (Lipinski definition) is 3. The van der Waals surface area contributed by atoms with Gasteiger partial charge in [-0.3, -0.25) is 4.68 Å². The minimum Gasteiger partial charge on any atom is -0.492 e. The molecule has 100 valence electrons. The normalized spacial score (nSPS) is 14.1. The molecule has 0 saturated carbocycles. The highest BCUT2D eigenvalue weighted by Gasteiger charge is 2.09. The molecule has 0 saturated heterocycles. The Labute approximate surface area is 113 Å². The number of aryl methyl sites for hydroxylation is 2. The molecule has 1 aliphatic carbocycles. The molecule has 0 aliphatic heterocycles. The average molecular weight is 257 g/mol. The van der Waals surface area contributed by atoms with Crippen LogP contribution in [0.4, 0.5) is 5.82 Å². The molecule has 0 amide bonds. The molecular weight excluding hydrogens is 238 g/mol. The lowest BCUT2D eigenvalue weighted by molar-refractivity contribution is 0.291. The molecule has 0 unspecified atom stereocenters. The van der Waals surface area contributed by atoms with Gasteiger partial charge in [-0.25, -0.2) is 0 Å². The van der Waals surface area contributed by atoms with Gasteiger partial charge in [-0.2, -0.15) is 5.10 Å². The molecule has 2 N–H and O–H groups in total. The van der Waals surface area contributed by atoms with Crippen LogP contribution in [0.25, 0.3) is 0 Å². The molecule has 4 nitrogen and oxygen atoms in total. The van der Waals surface area contributed by atoms with Gasteiger partial charge in [0.1, 0.15) is 18.2 Å². The zero-order valence-corrected chi connectivity index (χ0v) is 11.0. The Hall–Kier alpha value is -1.97. The third-order valence-electron chi connectivity index (χ3n) is 3.57. The first-order valence-corrected chi connectivity index (χ1v) is 6.85. The summed E-state index contributed by atoms with van der Waals surface area (Å²) in [6, 6.07) is 8.25. The maximum atomic E-state index is 5.78. The van der Waals surface area contributed by atoms with Gasteiger partial charge in [0.2, 0.25) is 0 Å². The molecule has 0 bridgehead atoms. The number of nitrogens with zero attached hydrogens (tertiary/aromatic N) is 2. The summed E-state index contributed by atoms with van der Waals surface area (Å²) in [5.41, 5.74) is 8.50. The van der Waals surface area contributed by atoms with Gasteiger partial charge in [-0.15, -0.1) is 0 Å². The van der Waals surface area contributed by atoms with Crippen molar-refractivity contribution in [1.82, 2.24) is 9.78 Å². The number of fused-ring (bicyclic) bond motifs is 1. The Kier molecular flexibility index (Phi) is 3.40. The van der Waals surface area contributed by atoms with Crippen molar-refractivity contribution in [3.8, 4) is 5.75 Å². The molecule has 0 radical (unpaired) electrons. The predicted octanol–water partition coefficient (Wildman–Crippen LogP) is 2.42. The van der Waals surface area contributed by atoms with Gasteiger partial charge in [0, 0.05) is 6.20 Å². The van der Waals surface area contributed by atoms with Crippen molar-refractivity contribution in [2.45, 2.75) is 32.2 Å². The molecule has 0 spiro atoms. The zero-order valence-electron chi connectivity index (χ0n) is 11.0. The van der Waals surface area contributed by atoms with Crippen LogP contribution in [0.15, 0.2) is 30.5 Å². The summed E-state index contributed by atoms with van der Waals surface area (Å²) < 4.78 is 7.58. The van der Waals surface area contributed by atoms with Gasteiger partial charge in [0.05, 0.1) is 6.54 Å². The first-order chi connectivity index (χ1) is 9.31. The Morgan fingerprint density at radius 1 is 1.16 bits per heavy atom. The predicted molar refractivity (Wildman–Crippen MR) is 75.2 cm³/mol. The van der Waals surface area contributed by atoms with Crippen molar-refractivity contribution in [2.24, 2.45) is 0 Å². The largest absolute Gasteiger partial charge is 0.492 e. The van der Waals surface area contributed by atoms with E-state index in [-0.39, 0.29) is 0 Å². The van der Waals surface area contributed by atoms with Gasteiger partial charge >= 0.3 is 0 Å². The molecule has 1 heterocycles. The third kappa shape index (κ3) is 2.89. The van der Waals surface area contributed by atoms with Crippen molar-refractivity contribution >= 4 is 5.82 Å². The SMILES string of the molecule is Nc1ccn(CCOc2ccc3c(c2)CCCC3)n1. The number of anilines is 1. The van der Waals surface area contributed by atoms with E-state index in [0.717, 1.165) is 5.75 Å². The van der Waals surface area contributed by atoms with Gasteiger partial charge in [0.15, 0.2) is 0 Å². The first-order valence-electron chi connectivity index (χ1n) is 6.85. The quantitative estimate of drug-likeness (QED) is 0.915. The second-order valence-electron chi connectivity index (χ2n) is 4.99. The number of ether oxygens (including phenoxy) is 1. The van der Waals surface area contributed by atoms with Crippen molar-refractivity contribution in [3.05, 3.63) is 41.6 Å². The van der Waals surface area contributed by atoms with Crippen LogP contribution in [0.2, 0.25) is 0 Å². The Balaban J connectivity index is 1.58. The molecule has 0 atom stereocenters. The lowest BCUT2D eigenvalue weighted by Gasteiger charge is -2.16. The standard InChI is InChI=1S/C15H19N3O/c16-15-7-8-18(17-15)9-10-19-14-6-5-12-3-1-2-4-13(12)11-14/h5-8,11H,1-4,9-10H2,(H2,16,17). The fourth-order valence-electron chi connectivity index (χ4n) is 2.56. The van der Waals surface area contributed by atoms with Crippen molar-refractivity contribution < 1.29 is 4.74 Å². The molecule has 3 rings (SSSR count). The van der Waals surface area contributed by atoms with Crippen LogP contribution in [0, 0.1) is 0 Å². The molecule has 1 aliphatic rings. The fraction of sp³-hybridized carbons (Fsp3) is 0.400. The van der Waals surface area contributed by atoms with Crippen LogP contribution >= 0.6 is 0 Å². The third-order valence-corrected chi connectivity index (χ3v) is 3.57. The molecular formula is C15H19N3O. The number of nitrogen functional groups attached to an aromatic ring is 1. The van der Waals surface area contributed by atoms with E-state index in [9.17, 15) is 0 Å². The molecule has 1 aromatic carbocycles. The molecule has 2 aromatic rings. The van der Waals surface area contributed by atoms with Crippen LogP contribution in [0.5, 0.6) is 5.75 Å². The second kappa shape index (κ2) is 5.34. The Bertz CT molecular complexity index is 562. The van der Waals surface area contributed by atoms with Gasteiger partial charge in [-0.05, 0) is 55.0 Å². The highest BCUT2D eigenvalue weighted by Crippen LogP contribution is 2.25. The Morgan fingerprint density at radius 3 is 2.79 bits per heavy atom. The minimum absolute atomic E-state index is 0.550. The van der Waals surface area contributed by atoms with E-state index in [2.05, 4.69) is 23.3 Å². The van der Waals surface area contributed by atoms with E-state index in [1.54, 1.807) is 10.7 Å². The minimum atomic E-state index is 0.550. The van der Waals surface area contributed by atoms with Crippen LogP contribution in [-0.2, 0) is 19.4 Å². The van der Waals surface area contributed by atoms with Crippen molar-refractivity contribution in [2.75, 3.05) is 12.3 Å². The fourth-order valence-corrected chi connectivity index (χ4v) is 2.56. The summed E-state index contributed by atoms with van der Waals surface area (Å²) in [6.45, 7) is 1.33. The second-order valence-corrected chi connectivity index (χ2v) is 4.99. The zero-order chi connectivity index (χ0) is 13.1. The highest BCUT2D eigenvalue weighted by molar-refractivity contribution is 5.37. The maximum Gasteiger partial charge on any atom is 0.145 e.